The summed E-state index contributed by atoms with van der Waals surface area (Å²) >= 11 is 0. The summed E-state index contributed by atoms with van der Waals surface area (Å²) in [4.78, 5) is 0. The maximum atomic E-state index is 3.72. The Morgan fingerprint density at radius 1 is 0.447 bits per heavy atom. The van der Waals surface area contributed by atoms with E-state index in [2.05, 4.69) is 153 Å². The predicted molar refractivity (Wildman–Crippen MR) is 162 cm³/mol. The Morgan fingerprint density at radius 3 is 2.03 bits per heavy atom. The Hall–Kier alpha value is -4.62. The zero-order chi connectivity index (χ0) is 25.7. The fourth-order valence-corrected chi connectivity index (χ4v) is 6.00. The van der Waals surface area contributed by atoms with Gasteiger partial charge in [-0.05, 0) is 80.0 Å². The second-order valence-corrected chi connectivity index (χ2v) is 10.7. The van der Waals surface area contributed by atoms with E-state index in [1.54, 1.807) is 0 Å². The SMILES string of the molecule is CC1(C)c2ccc(-c3ccc4ccccc4c3)cc2-c2ccc(Nc3ccccc3-c3ccccc3)cc21. The van der Waals surface area contributed by atoms with Crippen LogP contribution >= 0.6 is 0 Å². The van der Waals surface area contributed by atoms with Crippen LogP contribution in [-0.2, 0) is 5.41 Å². The van der Waals surface area contributed by atoms with Gasteiger partial charge < -0.3 is 5.32 Å². The fraction of sp³-hybridized carbons (Fsp3) is 0.0811. The first-order valence-corrected chi connectivity index (χ1v) is 13.3. The van der Waals surface area contributed by atoms with Crippen LogP contribution in [0.5, 0.6) is 0 Å². The zero-order valence-electron chi connectivity index (χ0n) is 21.7. The van der Waals surface area contributed by atoms with Crippen molar-refractivity contribution in [3.63, 3.8) is 0 Å². The number of nitrogens with one attached hydrogen (secondary N) is 1. The molecule has 7 rings (SSSR count). The molecule has 0 radical (unpaired) electrons. The van der Waals surface area contributed by atoms with Crippen LogP contribution in [0.4, 0.5) is 11.4 Å². The molecule has 0 saturated carbocycles. The van der Waals surface area contributed by atoms with Gasteiger partial charge in [0.15, 0.2) is 0 Å². The minimum absolute atomic E-state index is 0.0663. The largest absolute Gasteiger partial charge is 0.355 e. The molecule has 0 aromatic heterocycles. The Kier molecular flexibility index (Phi) is 5.19. The van der Waals surface area contributed by atoms with Crippen molar-refractivity contribution in [2.45, 2.75) is 19.3 Å². The van der Waals surface area contributed by atoms with E-state index in [1.807, 2.05) is 0 Å². The van der Waals surface area contributed by atoms with Crippen molar-refractivity contribution >= 4 is 22.1 Å². The van der Waals surface area contributed by atoms with Crippen LogP contribution in [0.15, 0.2) is 133 Å². The van der Waals surface area contributed by atoms with Gasteiger partial charge in [-0.15, -0.1) is 0 Å². The van der Waals surface area contributed by atoms with Crippen molar-refractivity contribution in [1.82, 2.24) is 0 Å². The van der Waals surface area contributed by atoms with Crippen LogP contribution in [-0.4, -0.2) is 0 Å². The molecule has 1 N–H and O–H groups in total. The smallest absolute Gasteiger partial charge is 0.0463 e. The van der Waals surface area contributed by atoms with Gasteiger partial charge in [0.05, 0.1) is 0 Å². The van der Waals surface area contributed by atoms with Crippen molar-refractivity contribution < 1.29 is 0 Å². The molecule has 1 heteroatoms. The molecule has 1 aliphatic rings. The van der Waals surface area contributed by atoms with Crippen LogP contribution in [0.1, 0.15) is 25.0 Å². The van der Waals surface area contributed by atoms with Gasteiger partial charge in [0, 0.05) is 22.4 Å². The van der Waals surface area contributed by atoms with Crippen molar-refractivity contribution in [2.24, 2.45) is 0 Å². The van der Waals surface area contributed by atoms with Crippen molar-refractivity contribution in [2.75, 3.05) is 5.32 Å². The van der Waals surface area contributed by atoms with Gasteiger partial charge >= 0.3 is 0 Å². The topological polar surface area (TPSA) is 12.0 Å². The molecular formula is C37H29N. The minimum atomic E-state index is -0.0663. The van der Waals surface area contributed by atoms with Crippen LogP contribution in [0.2, 0.25) is 0 Å². The van der Waals surface area contributed by atoms with Gasteiger partial charge in [-0.2, -0.15) is 0 Å². The molecule has 0 fully saturated rings. The first kappa shape index (κ1) is 22.6. The molecule has 6 aromatic rings. The molecular weight excluding hydrogens is 458 g/mol. The summed E-state index contributed by atoms with van der Waals surface area (Å²) < 4.78 is 0. The highest BCUT2D eigenvalue weighted by Gasteiger charge is 2.35. The van der Waals surface area contributed by atoms with Gasteiger partial charge in [0.2, 0.25) is 0 Å². The molecule has 1 aliphatic carbocycles. The van der Waals surface area contributed by atoms with Crippen LogP contribution in [0, 0.1) is 0 Å². The van der Waals surface area contributed by atoms with Gasteiger partial charge in [-0.3, -0.25) is 0 Å². The Bertz CT molecular complexity index is 1810. The quantitative estimate of drug-likeness (QED) is 0.261. The summed E-state index contributed by atoms with van der Waals surface area (Å²) in [6.07, 6.45) is 0. The van der Waals surface area contributed by atoms with Crippen LogP contribution in [0.3, 0.4) is 0 Å². The van der Waals surface area contributed by atoms with E-state index in [9.17, 15) is 0 Å². The fourth-order valence-electron chi connectivity index (χ4n) is 6.00. The molecule has 0 saturated heterocycles. The van der Waals surface area contributed by atoms with E-state index in [0.29, 0.717) is 0 Å². The third-order valence-electron chi connectivity index (χ3n) is 8.05. The molecule has 0 amide bonds. The lowest BCUT2D eigenvalue weighted by Crippen LogP contribution is -2.15. The highest BCUT2D eigenvalue weighted by molar-refractivity contribution is 5.90. The van der Waals surface area contributed by atoms with Gasteiger partial charge in [0.1, 0.15) is 0 Å². The second-order valence-electron chi connectivity index (χ2n) is 10.7. The zero-order valence-corrected chi connectivity index (χ0v) is 21.7. The Labute approximate surface area is 224 Å². The molecule has 0 atom stereocenters. The molecule has 0 spiro atoms. The van der Waals surface area contributed by atoms with E-state index < -0.39 is 0 Å². The summed E-state index contributed by atoms with van der Waals surface area (Å²) in [7, 11) is 0. The molecule has 6 aromatic carbocycles. The number of para-hydroxylation sites is 1. The molecule has 0 bridgehead atoms. The minimum Gasteiger partial charge on any atom is -0.355 e. The van der Waals surface area contributed by atoms with Crippen LogP contribution < -0.4 is 5.32 Å². The van der Waals surface area contributed by atoms with E-state index in [4.69, 9.17) is 0 Å². The Balaban J connectivity index is 1.27. The lowest BCUT2D eigenvalue weighted by molar-refractivity contribution is 0.660. The van der Waals surface area contributed by atoms with Gasteiger partial charge in [-0.1, -0.05) is 117 Å². The summed E-state index contributed by atoms with van der Waals surface area (Å²) in [5.41, 5.74) is 12.5. The van der Waals surface area contributed by atoms with Crippen molar-refractivity contribution in [1.29, 1.82) is 0 Å². The third-order valence-corrected chi connectivity index (χ3v) is 8.05. The molecule has 182 valence electrons. The van der Waals surface area contributed by atoms with Crippen LogP contribution in [0.25, 0.3) is 44.2 Å². The van der Waals surface area contributed by atoms with E-state index >= 15 is 0 Å². The number of anilines is 2. The lowest BCUT2D eigenvalue weighted by atomic mass is 9.82. The average Bonchev–Trinajstić information content (AvgIpc) is 3.19. The molecule has 1 nitrogen and oxygen atoms in total. The monoisotopic (exact) mass is 487 g/mol. The highest BCUT2D eigenvalue weighted by Crippen LogP contribution is 2.50. The number of benzene rings is 6. The predicted octanol–water partition coefficient (Wildman–Crippen LogP) is 10.2. The normalized spacial score (nSPS) is 13.2. The third kappa shape index (κ3) is 3.71. The molecule has 0 unspecified atom stereocenters. The first-order valence-electron chi connectivity index (χ1n) is 13.3. The standard InChI is InChI=1S/C37H29N/c1-37(2)34-21-18-29(28-17-16-25-10-6-7-13-27(25)22-28)23-33(34)32-20-19-30(24-35(32)37)38-36-15-9-8-14-31(36)26-11-4-3-5-12-26/h3-24,38H,1-2H3. The van der Waals surface area contributed by atoms with E-state index in [0.717, 1.165) is 11.4 Å². The average molecular weight is 488 g/mol. The summed E-state index contributed by atoms with van der Waals surface area (Å²) in [5, 5.41) is 6.27. The maximum absolute atomic E-state index is 3.72. The van der Waals surface area contributed by atoms with Gasteiger partial charge in [-0.25, -0.2) is 0 Å². The molecule has 0 aliphatic heterocycles. The second kappa shape index (κ2) is 8.75. The van der Waals surface area contributed by atoms with E-state index in [1.165, 1.54) is 55.3 Å². The highest BCUT2D eigenvalue weighted by atomic mass is 14.9. The molecule has 38 heavy (non-hydrogen) atoms. The summed E-state index contributed by atoms with van der Waals surface area (Å²) in [6, 6.07) is 48.3. The number of rotatable bonds is 4. The number of hydrogen-bond donors (Lipinski definition) is 1. The van der Waals surface area contributed by atoms with E-state index in [-0.39, 0.29) is 5.41 Å². The number of fused-ring (bicyclic) bond motifs is 4. The van der Waals surface area contributed by atoms with Crippen molar-refractivity contribution in [3.05, 3.63) is 145 Å². The Morgan fingerprint density at radius 2 is 1.16 bits per heavy atom. The first-order chi connectivity index (χ1) is 18.6. The van der Waals surface area contributed by atoms with Crippen molar-refractivity contribution in [3.8, 4) is 33.4 Å². The van der Waals surface area contributed by atoms with Gasteiger partial charge in [0.25, 0.3) is 0 Å². The summed E-state index contributed by atoms with van der Waals surface area (Å²) in [6.45, 7) is 4.68. The maximum Gasteiger partial charge on any atom is 0.0463 e. The summed E-state index contributed by atoms with van der Waals surface area (Å²) in [5.74, 6) is 0. The molecule has 0 heterocycles. The lowest BCUT2D eigenvalue weighted by Gasteiger charge is -2.22. The number of hydrogen-bond acceptors (Lipinski definition) is 1.